The Kier molecular flexibility index (Phi) is 6.76. The van der Waals surface area contributed by atoms with E-state index in [1.165, 1.54) is 15.7 Å². The van der Waals surface area contributed by atoms with E-state index in [2.05, 4.69) is 5.32 Å². The molecule has 0 bridgehead atoms. The van der Waals surface area contributed by atoms with Gasteiger partial charge in [-0.25, -0.2) is 9.59 Å². The minimum atomic E-state index is -0.661. The molecule has 5 N–H and O–H groups in total. The van der Waals surface area contributed by atoms with Crippen molar-refractivity contribution in [2.75, 3.05) is 19.0 Å². The van der Waals surface area contributed by atoms with Gasteiger partial charge in [0.2, 0.25) is 0 Å². The molecule has 2 heterocycles. The highest BCUT2D eigenvalue weighted by molar-refractivity contribution is 6.32. The molecule has 4 rings (SSSR count). The maximum atomic E-state index is 13.1. The minimum absolute atomic E-state index is 0.0744. The average molecular weight is 484 g/mol. The first-order valence-corrected chi connectivity index (χ1v) is 11.2. The molecule has 0 unspecified atom stereocenters. The van der Waals surface area contributed by atoms with Crippen LogP contribution in [0.25, 0.3) is 10.9 Å². The summed E-state index contributed by atoms with van der Waals surface area (Å²) in [5.41, 5.74) is 13.5. The summed E-state index contributed by atoms with van der Waals surface area (Å²) in [5.74, 6) is 0.494. The van der Waals surface area contributed by atoms with Gasteiger partial charge < -0.3 is 26.4 Å². The van der Waals surface area contributed by atoms with Crippen LogP contribution in [0.3, 0.4) is 0 Å². The smallest absolute Gasteiger partial charge is 0.323 e. The molecule has 3 aromatic rings. The van der Waals surface area contributed by atoms with Crippen molar-refractivity contribution in [2.24, 2.45) is 11.5 Å². The largest absolute Gasteiger partial charge is 0.495 e. The molecule has 0 aliphatic carbocycles. The van der Waals surface area contributed by atoms with E-state index in [4.69, 9.17) is 27.8 Å². The first-order chi connectivity index (χ1) is 16.3. The molecule has 2 aromatic carbocycles. The van der Waals surface area contributed by atoms with Gasteiger partial charge in [-0.1, -0.05) is 35.9 Å². The van der Waals surface area contributed by atoms with Crippen molar-refractivity contribution in [1.82, 2.24) is 9.47 Å². The molecular weight excluding hydrogens is 458 g/mol. The van der Waals surface area contributed by atoms with Crippen LogP contribution in [0.2, 0.25) is 5.02 Å². The Labute approximate surface area is 201 Å². The summed E-state index contributed by atoms with van der Waals surface area (Å²) in [6, 6.07) is 10.4. The molecule has 0 radical (unpaired) electrons. The molecule has 0 spiro atoms. The first-order valence-electron chi connectivity index (χ1n) is 10.9. The Morgan fingerprint density at radius 3 is 2.68 bits per heavy atom. The molecule has 1 aliphatic rings. The number of urea groups is 1. The number of likely N-dealkylation sites (tertiary alicyclic amines) is 1. The number of carbonyl (C=O) groups is 3. The Bertz CT molecular complexity index is 1260. The number of aromatic nitrogens is 1. The summed E-state index contributed by atoms with van der Waals surface area (Å²) in [4.78, 5) is 39.4. The van der Waals surface area contributed by atoms with Crippen molar-refractivity contribution in [3.05, 3.63) is 59.2 Å². The number of ether oxygens (including phenoxy) is 1. The van der Waals surface area contributed by atoms with Gasteiger partial charge in [0, 0.05) is 30.6 Å². The quantitative estimate of drug-likeness (QED) is 0.494. The number of hydrogen-bond donors (Lipinski definition) is 3. The van der Waals surface area contributed by atoms with Crippen LogP contribution in [0, 0.1) is 0 Å². The summed E-state index contributed by atoms with van der Waals surface area (Å²) >= 11 is 6.18. The summed E-state index contributed by atoms with van der Waals surface area (Å²) in [6.07, 6.45) is 2.59. The van der Waals surface area contributed by atoms with Crippen LogP contribution < -0.4 is 21.5 Å². The van der Waals surface area contributed by atoms with E-state index < -0.39 is 18.1 Å². The van der Waals surface area contributed by atoms with Crippen LogP contribution in [-0.2, 0) is 11.2 Å². The topological polar surface area (TPSA) is 133 Å². The number of rotatable bonds is 6. The zero-order valence-electron chi connectivity index (χ0n) is 18.7. The molecule has 1 fully saturated rings. The zero-order valence-corrected chi connectivity index (χ0v) is 19.4. The lowest BCUT2D eigenvalue weighted by Gasteiger charge is -2.24. The number of halogens is 1. The van der Waals surface area contributed by atoms with E-state index in [9.17, 15) is 14.4 Å². The van der Waals surface area contributed by atoms with Gasteiger partial charge in [-0.05, 0) is 36.6 Å². The monoisotopic (exact) mass is 483 g/mol. The minimum Gasteiger partial charge on any atom is -0.495 e. The highest BCUT2D eigenvalue weighted by atomic mass is 35.5. The molecule has 9 nitrogen and oxygen atoms in total. The van der Waals surface area contributed by atoms with Crippen LogP contribution in [0.15, 0.2) is 48.7 Å². The van der Waals surface area contributed by atoms with Crippen molar-refractivity contribution in [3.63, 3.8) is 0 Å². The number of primary amides is 1. The average Bonchev–Trinajstić information content (AvgIpc) is 3.39. The number of fused-ring (bicyclic) bond motifs is 1. The number of carbonyl (C=O) groups excluding carboxylic acids is 3. The number of aryl methyl sites for hydroxylation is 1. The number of hydrogen-bond acceptors (Lipinski definition) is 5. The molecule has 0 saturated carbocycles. The normalized spacial score (nSPS) is 17.7. The van der Waals surface area contributed by atoms with Gasteiger partial charge in [0.1, 0.15) is 5.75 Å². The Morgan fingerprint density at radius 1 is 1.21 bits per heavy atom. The summed E-state index contributed by atoms with van der Waals surface area (Å²) in [7, 11) is 1.54. The third-order valence-corrected chi connectivity index (χ3v) is 6.33. The van der Waals surface area contributed by atoms with Gasteiger partial charge in [0.15, 0.2) is 5.78 Å². The van der Waals surface area contributed by atoms with Crippen LogP contribution in [0.1, 0.15) is 18.4 Å². The molecule has 178 valence electrons. The number of para-hydroxylation sites is 1. The lowest BCUT2D eigenvalue weighted by molar-refractivity contribution is -0.122. The molecule has 2 atom stereocenters. The highest BCUT2D eigenvalue weighted by Gasteiger charge is 2.38. The van der Waals surface area contributed by atoms with Gasteiger partial charge in [0.05, 0.1) is 29.4 Å². The summed E-state index contributed by atoms with van der Waals surface area (Å²) in [5, 5.41) is 3.96. The van der Waals surface area contributed by atoms with E-state index in [1.54, 1.807) is 43.5 Å². The zero-order chi connectivity index (χ0) is 24.4. The third-order valence-electron chi connectivity index (χ3n) is 6.03. The van der Waals surface area contributed by atoms with Gasteiger partial charge in [-0.2, -0.15) is 0 Å². The van der Waals surface area contributed by atoms with Crippen molar-refractivity contribution >= 4 is 46.0 Å². The molecular formula is C24H26ClN5O4. The Hall–Kier alpha value is -3.56. The fourth-order valence-corrected chi connectivity index (χ4v) is 4.63. The molecule has 1 saturated heterocycles. The Morgan fingerprint density at radius 2 is 1.97 bits per heavy atom. The van der Waals surface area contributed by atoms with Gasteiger partial charge in [-0.15, -0.1) is 0 Å². The van der Waals surface area contributed by atoms with Crippen molar-refractivity contribution < 1.29 is 19.1 Å². The van der Waals surface area contributed by atoms with Crippen LogP contribution in [0.4, 0.5) is 15.3 Å². The van der Waals surface area contributed by atoms with Crippen LogP contribution in [-0.4, -0.2) is 53.1 Å². The third kappa shape index (κ3) is 4.71. The van der Waals surface area contributed by atoms with E-state index >= 15 is 0 Å². The molecule has 10 heteroatoms. The number of Topliss-reactive ketones (excluding diaryl/α,β-unsaturated/α-hetero) is 1. The van der Waals surface area contributed by atoms with Crippen molar-refractivity contribution in [3.8, 4) is 5.75 Å². The van der Waals surface area contributed by atoms with Crippen molar-refractivity contribution in [1.29, 1.82) is 0 Å². The fraction of sp³-hybridized carbons (Fsp3) is 0.292. The Balaban J connectivity index is 1.47. The van der Waals surface area contributed by atoms with Crippen molar-refractivity contribution in [2.45, 2.75) is 31.3 Å². The number of benzene rings is 2. The molecule has 1 aromatic heterocycles. The fourth-order valence-electron chi connectivity index (χ4n) is 4.35. The second-order valence-electron chi connectivity index (χ2n) is 8.30. The number of amides is 3. The molecule has 3 amide bonds. The lowest BCUT2D eigenvalue weighted by atomic mass is 10.0. The van der Waals surface area contributed by atoms with E-state index in [1.807, 2.05) is 6.07 Å². The van der Waals surface area contributed by atoms with E-state index in [0.29, 0.717) is 40.2 Å². The van der Waals surface area contributed by atoms with Gasteiger partial charge in [-0.3, -0.25) is 9.36 Å². The number of nitrogens with one attached hydrogen (secondary N) is 1. The standard InChI is InChI=1S/C24H26ClN5O4/c1-34-22-9-7-14(10-17(22)25)6-8-21(31)20-11-15(26)12-30(20)24(33)28-18-13-29(23(27)32)19-5-3-2-4-16(18)19/h2-5,7,9-10,13,15,20H,6,8,11-12,26H2,1H3,(H2,27,32)(H,28,33)/t15-,20-/m0/s1. The summed E-state index contributed by atoms with van der Waals surface area (Å²) in [6.45, 7) is 0.255. The second kappa shape index (κ2) is 9.74. The second-order valence-corrected chi connectivity index (χ2v) is 8.70. The maximum absolute atomic E-state index is 13.1. The van der Waals surface area contributed by atoms with Crippen LogP contribution in [0.5, 0.6) is 5.75 Å². The number of nitrogens with zero attached hydrogens (tertiary/aromatic N) is 2. The number of ketones is 1. The molecule has 34 heavy (non-hydrogen) atoms. The molecule has 1 aliphatic heterocycles. The summed E-state index contributed by atoms with van der Waals surface area (Å²) < 4.78 is 6.43. The number of methoxy groups -OCH3 is 1. The lowest BCUT2D eigenvalue weighted by Crippen LogP contribution is -2.43. The van der Waals surface area contributed by atoms with E-state index in [0.717, 1.165) is 5.56 Å². The van der Waals surface area contributed by atoms with Gasteiger partial charge in [0.25, 0.3) is 0 Å². The first kappa shape index (κ1) is 23.6. The predicted molar refractivity (Wildman–Crippen MR) is 130 cm³/mol. The SMILES string of the molecule is COc1ccc(CCC(=O)[C@@H]2C[C@H](N)CN2C(=O)Nc2cn(C(N)=O)c3ccccc23)cc1Cl. The number of anilines is 1. The predicted octanol–water partition coefficient (Wildman–Crippen LogP) is 3.37. The van der Waals surface area contributed by atoms with E-state index in [-0.39, 0.29) is 24.8 Å². The maximum Gasteiger partial charge on any atom is 0.323 e. The van der Waals surface area contributed by atoms with Crippen LogP contribution >= 0.6 is 11.6 Å². The number of nitrogens with two attached hydrogens (primary N) is 2. The van der Waals surface area contributed by atoms with Gasteiger partial charge >= 0.3 is 12.1 Å². The highest BCUT2D eigenvalue weighted by Crippen LogP contribution is 2.28.